The molecule has 0 aromatic heterocycles. The molecule has 0 aliphatic carbocycles. The molecule has 1 aromatic carbocycles. The fourth-order valence-corrected chi connectivity index (χ4v) is 1.15. The van der Waals surface area contributed by atoms with Gasteiger partial charge >= 0.3 is 0 Å². The molecule has 3 nitrogen and oxygen atoms in total. The Morgan fingerprint density at radius 2 is 2.14 bits per heavy atom. The lowest BCUT2D eigenvalue weighted by molar-refractivity contribution is 0.309. The van der Waals surface area contributed by atoms with Crippen LogP contribution in [-0.4, -0.2) is 6.61 Å². The van der Waals surface area contributed by atoms with Gasteiger partial charge in [0.05, 0.1) is 12.7 Å². The van der Waals surface area contributed by atoms with Gasteiger partial charge in [0.15, 0.2) is 0 Å². The van der Waals surface area contributed by atoms with Crippen LogP contribution in [0.25, 0.3) is 0 Å². The normalized spacial score (nSPS) is 9.43. The predicted octanol–water partition coefficient (Wildman–Crippen LogP) is 1.83. The van der Waals surface area contributed by atoms with E-state index in [1.165, 1.54) is 0 Å². The van der Waals surface area contributed by atoms with Crippen LogP contribution in [0.15, 0.2) is 24.3 Å². The smallest absolute Gasteiger partial charge is 0.123 e. The molecule has 0 atom stereocenters. The van der Waals surface area contributed by atoms with Gasteiger partial charge in [0.2, 0.25) is 0 Å². The summed E-state index contributed by atoms with van der Waals surface area (Å²) in [4.78, 5) is 0. The van der Waals surface area contributed by atoms with Crippen molar-refractivity contribution in [2.24, 2.45) is 5.73 Å². The standard InChI is InChI=1S/C11H14N2O/c12-7-3-4-8-14-11-6-2-1-5-10(11)9-13/h1-2,5-6H,3-4,8-9,13H2. The van der Waals surface area contributed by atoms with E-state index in [9.17, 15) is 0 Å². The second-order valence-electron chi connectivity index (χ2n) is 2.92. The fraction of sp³-hybridized carbons (Fsp3) is 0.364. The largest absolute Gasteiger partial charge is 0.493 e. The maximum absolute atomic E-state index is 8.34. The molecule has 1 aromatic rings. The third-order valence-electron chi connectivity index (χ3n) is 1.88. The molecule has 1 rings (SSSR count). The van der Waals surface area contributed by atoms with Crippen LogP contribution in [0.5, 0.6) is 5.75 Å². The highest BCUT2D eigenvalue weighted by molar-refractivity contribution is 5.32. The molecule has 2 N–H and O–H groups in total. The van der Waals surface area contributed by atoms with Gasteiger partial charge in [0, 0.05) is 18.5 Å². The van der Waals surface area contributed by atoms with E-state index in [-0.39, 0.29) is 0 Å². The highest BCUT2D eigenvalue weighted by atomic mass is 16.5. The van der Waals surface area contributed by atoms with Crippen molar-refractivity contribution in [1.29, 1.82) is 5.26 Å². The number of ether oxygens (including phenoxy) is 1. The molecule has 0 spiro atoms. The maximum atomic E-state index is 8.34. The molecule has 74 valence electrons. The highest BCUT2D eigenvalue weighted by Gasteiger charge is 1.99. The monoisotopic (exact) mass is 190 g/mol. The van der Waals surface area contributed by atoms with Crippen molar-refractivity contribution in [2.45, 2.75) is 19.4 Å². The Morgan fingerprint density at radius 3 is 2.86 bits per heavy atom. The molecule has 0 saturated heterocycles. The molecule has 0 heterocycles. The number of nitrogens with two attached hydrogens (primary N) is 1. The Morgan fingerprint density at radius 1 is 1.36 bits per heavy atom. The van der Waals surface area contributed by atoms with Crippen LogP contribution >= 0.6 is 0 Å². The first-order chi connectivity index (χ1) is 6.88. The average molecular weight is 190 g/mol. The molecule has 0 aliphatic heterocycles. The second kappa shape index (κ2) is 6.01. The van der Waals surface area contributed by atoms with Gasteiger partial charge in [-0.3, -0.25) is 0 Å². The number of hydrogen-bond donors (Lipinski definition) is 1. The van der Waals surface area contributed by atoms with Crippen molar-refractivity contribution in [3.8, 4) is 11.8 Å². The van der Waals surface area contributed by atoms with E-state index in [4.69, 9.17) is 15.7 Å². The van der Waals surface area contributed by atoms with Crippen molar-refractivity contribution >= 4 is 0 Å². The average Bonchev–Trinajstić information content (AvgIpc) is 2.25. The summed E-state index contributed by atoms with van der Waals surface area (Å²) in [5.41, 5.74) is 6.55. The zero-order valence-electron chi connectivity index (χ0n) is 8.07. The number of unbranched alkanes of at least 4 members (excludes halogenated alkanes) is 1. The maximum Gasteiger partial charge on any atom is 0.123 e. The Balaban J connectivity index is 2.46. The van der Waals surface area contributed by atoms with Crippen LogP contribution < -0.4 is 10.5 Å². The Hall–Kier alpha value is -1.53. The van der Waals surface area contributed by atoms with E-state index in [0.717, 1.165) is 17.7 Å². The summed E-state index contributed by atoms with van der Waals surface area (Å²) < 4.78 is 5.50. The summed E-state index contributed by atoms with van der Waals surface area (Å²) in [7, 11) is 0. The Labute approximate surface area is 84.1 Å². The van der Waals surface area contributed by atoms with E-state index in [1.54, 1.807) is 0 Å². The summed E-state index contributed by atoms with van der Waals surface area (Å²) in [6.07, 6.45) is 1.29. The lowest BCUT2D eigenvalue weighted by atomic mass is 10.2. The summed E-state index contributed by atoms with van der Waals surface area (Å²) in [6, 6.07) is 9.77. The SMILES string of the molecule is N#CCCCOc1ccccc1CN. The molecule has 0 bridgehead atoms. The lowest BCUT2D eigenvalue weighted by Crippen LogP contribution is -2.03. The molecular formula is C11H14N2O. The van der Waals surface area contributed by atoms with Crippen LogP contribution in [0.4, 0.5) is 0 Å². The third kappa shape index (κ3) is 3.08. The number of para-hydroxylation sites is 1. The van der Waals surface area contributed by atoms with Crippen molar-refractivity contribution in [1.82, 2.24) is 0 Å². The predicted molar refractivity (Wildman–Crippen MR) is 54.7 cm³/mol. The van der Waals surface area contributed by atoms with Crippen LogP contribution in [0.2, 0.25) is 0 Å². The quantitative estimate of drug-likeness (QED) is 0.720. The Bertz CT molecular complexity index is 317. The van der Waals surface area contributed by atoms with Gasteiger partial charge in [-0.1, -0.05) is 18.2 Å². The minimum absolute atomic E-state index is 0.481. The number of nitriles is 1. The molecule has 0 saturated carbocycles. The molecule has 0 radical (unpaired) electrons. The van der Waals surface area contributed by atoms with E-state index < -0.39 is 0 Å². The van der Waals surface area contributed by atoms with Gasteiger partial charge in [-0.15, -0.1) is 0 Å². The molecule has 3 heteroatoms. The minimum Gasteiger partial charge on any atom is -0.493 e. The van der Waals surface area contributed by atoms with Crippen LogP contribution in [0.1, 0.15) is 18.4 Å². The second-order valence-corrected chi connectivity index (χ2v) is 2.92. The van der Waals surface area contributed by atoms with E-state index in [0.29, 0.717) is 19.6 Å². The van der Waals surface area contributed by atoms with E-state index in [2.05, 4.69) is 6.07 Å². The van der Waals surface area contributed by atoms with Crippen molar-refractivity contribution in [3.05, 3.63) is 29.8 Å². The van der Waals surface area contributed by atoms with Gasteiger partial charge in [-0.2, -0.15) is 5.26 Å². The molecule has 0 unspecified atom stereocenters. The Kier molecular flexibility index (Phi) is 4.53. The van der Waals surface area contributed by atoms with Crippen LogP contribution in [-0.2, 0) is 6.54 Å². The molecule has 0 amide bonds. The minimum atomic E-state index is 0.481. The zero-order chi connectivity index (χ0) is 10.2. The molecular weight excluding hydrogens is 176 g/mol. The number of hydrogen-bond acceptors (Lipinski definition) is 3. The van der Waals surface area contributed by atoms with Gasteiger partial charge in [-0.05, 0) is 12.5 Å². The van der Waals surface area contributed by atoms with Crippen molar-refractivity contribution in [3.63, 3.8) is 0 Å². The van der Waals surface area contributed by atoms with Gasteiger partial charge in [0.25, 0.3) is 0 Å². The third-order valence-corrected chi connectivity index (χ3v) is 1.88. The fourth-order valence-electron chi connectivity index (χ4n) is 1.15. The van der Waals surface area contributed by atoms with Gasteiger partial charge in [-0.25, -0.2) is 0 Å². The first-order valence-corrected chi connectivity index (χ1v) is 4.66. The first kappa shape index (κ1) is 10.6. The highest BCUT2D eigenvalue weighted by Crippen LogP contribution is 2.17. The molecule has 0 aliphatic rings. The molecule has 0 fully saturated rings. The first-order valence-electron chi connectivity index (χ1n) is 4.66. The molecule has 14 heavy (non-hydrogen) atoms. The number of benzene rings is 1. The van der Waals surface area contributed by atoms with Crippen LogP contribution in [0, 0.1) is 11.3 Å². The number of nitrogens with zero attached hydrogens (tertiary/aromatic N) is 1. The summed E-state index contributed by atoms with van der Waals surface area (Å²) in [5.74, 6) is 0.827. The van der Waals surface area contributed by atoms with Crippen molar-refractivity contribution in [2.75, 3.05) is 6.61 Å². The van der Waals surface area contributed by atoms with Gasteiger partial charge < -0.3 is 10.5 Å². The van der Waals surface area contributed by atoms with E-state index in [1.807, 2.05) is 24.3 Å². The topological polar surface area (TPSA) is 59.0 Å². The summed E-state index contributed by atoms with van der Waals surface area (Å²) >= 11 is 0. The van der Waals surface area contributed by atoms with E-state index >= 15 is 0 Å². The summed E-state index contributed by atoms with van der Waals surface area (Å²) in [6.45, 7) is 1.05. The zero-order valence-corrected chi connectivity index (χ0v) is 8.07. The number of rotatable bonds is 5. The summed E-state index contributed by atoms with van der Waals surface area (Å²) in [5, 5.41) is 8.34. The van der Waals surface area contributed by atoms with Crippen molar-refractivity contribution < 1.29 is 4.74 Å². The van der Waals surface area contributed by atoms with Crippen LogP contribution in [0.3, 0.4) is 0 Å². The van der Waals surface area contributed by atoms with Gasteiger partial charge in [0.1, 0.15) is 5.75 Å². The lowest BCUT2D eigenvalue weighted by Gasteiger charge is -2.08.